The van der Waals surface area contributed by atoms with Crippen LogP contribution in [0.1, 0.15) is 51.4 Å². The summed E-state index contributed by atoms with van der Waals surface area (Å²) >= 11 is 0. The molecule has 1 atom stereocenters. The van der Waals surface area contributed by atoms with Gasteiger partial charge in [0.1, 0.15) is 11.5 Å². The van der Waals surface area contributed by atoms with Crippen LogP contribution >= 0.6 is 0 Å². The number of nitrogens with zero attached hydrogens (tertiary/aromatic N) is 2. The predicted molar refractivity (Wildman–Crippen MR) is 238 cm³/mol. The van der Waals surface area contributed by atoms with Crippen LogP contribution < -0.4 is 4.74 Å². The molecule has 9 aromatic rings. The second-order valence-corrected chi connectivity index (χ2v) is 15.5. The molecule has 0 bridgehead atoms. The van der Waals surface area contributed by atoms with Crippen molar-refractivity contribution in [1.29, 1.82) is 0 Å². The van der Waals surface area contributed by atoms with E-state index in [1.54, 1.807) is 0 Å². The summed E-state index contributed by atoms with van der Waals surface area (Å²) < 4.78 is 7.11. The molecule has 0 saturated heterocycles. The van der Waals surface area contributed by atoms with Crippen LogP contribution in [0.3, 0.4) is 0 Å². The molecule has 0 fully saturated rings. The fraction of sp³-hybridized carbons (Fsp3) is 0.0545. The van der Waals surface area contributed by atoms with Crippen LogP contribution in [0, 0.1) is 0 Å². The molecular formula is C55H36N2O. The number of ether oxygens (including phenoxy) is 1. The highest BCUT2D eigenvalue weighted by Gasteiger charge is 2.51. The van der Waals surface area contributed by atoms with Crippen molar-refractivity contribution in [3.8, 4) is 33.8 Å². The zero-order valence-electron chi connectivity index (χ0n) is 31.6. The van der Waals surface area contributed by atoms with Gasteiger partial charge in [-0.25, -0.2) is 4.99 Å². The maximum Gasteiger partial charge on any atom is 0.155 e. The minimum atomic E-state index is -0.535. The minimum absolute atomic E-state index is 0.181. The first-order valence-electron chi connectivity index (χ1n) is 20.1. The quantitative estimate of drug-likeness (QED) is 0.165. The summed E-state index contributed by atoms with van der Waals surface area (Å²) in [5.74, 6) is 2.52. The number of benzene rings is 9. The average molecular weight is 741 g/mol. The van der Waals surface area contributed by atoms with E-state index in [4.69, 9.17) is 14.7 Å². The van der Waals surface area contributed by atoms with Gasteiger partial charge in [-0.1, -0.05) is 188 Å². The lowest BCUT2D eigenvalue weighted by Crippen LogP contribution is -2.32. The van der Waals surface area contributed by atoms with E-state index in [9.17, 15) is 0 Å². The summed E-state index contributed by atoms with van der Waals surface area (Å²) in [6.07, 6.45) is 0.663. The zero-order chi connectivity index (χ0) is 38.2. The van der Waals surface area contributed by atoms with Crippen molar-refractivity contribution in [2.45, 2.75) is 17.9 Å². The second kappa shape index (κ2) is 12.8. The van der Waals surface area contributed by atoms with Crippen molar-refractivity contribution >= 4 is 33.1 Å². The third kappa shape index (κ3) is 4.80. The van der Waals surface area contributed by atoms with Gasteiger partial charge in [0, 0.05) is 28.7 Å². The molecule has 12 rings (SSSR count). The van der Waals surface area contributed by atoms with Crippen molar-refractivity contribution in [2.24, 2.45) is 9.98 Å². The fourth-order valence-corrected chi connectivity index (χ4v) is 9.98. The van der Waals surface area contributed by atoms with Gasteiger partial charge in [0.25, 0.3) is 0 Å². The van der Waals surface area contributed by atoms with E-state index in [0.29, 0.717) is 6.42 Å². The number of amidine groups is 1. The Bertz CT molecular complexity index is 3150. The molecule has 0 radical (unpaired) electrons. The highest BCUT2D eigenvalue weighted by Crippen LogP contribution is 2.63. The monoisotopic (exact) mass is 740 g/mol. The SMILES string of the molecule is c1ccc(C2=NC(c3ccccc3-c3cccc4c3Oc3ccccc3C43c4ccccc4-c4ccccc43)CC(c3ccc4c(ccc5ccccc54)c3)=N2)cc1. The first kappa shape index (κ1) is 32.8. The molecule has 1 aliphatic carbocycles. The largest absolute Gasteiger partial charge is 0.456 e. The maximum absolute atomic E-state index is 7.11. The maximum atomic E-state index is 7.11. The lowest BCUT2D eigenvalue weighted by molar-refractivity contribution is 0.438. The molecule has 9 aromatic carbocycles. The van der Waals surface area contributed by atoms with Gasteiger partial charge in [-0.2, -0.15) is 0 Å². The number of hydrogen-bond acceptors (Lipinski definition) is 3. The zero-order valence-corrected chi connectivity index (χ0v) is 31.6. The second-order valence-electron chi connectivity index (χ2n) is 15.5. The highest BCUT2D eigenvalue weighted by atomic mass is 16.5. The molecule has 0 N–H and O–H groups in total. The first-order valence-corrected chi connectivity index (χ1v) is 20.1. The Morgan fingerprint density at radius 1 is 0.448 bits per heavy atom. The van der Waals surface area contributed by atoms with Crippen LogP contribution in [-0.2, 0) is 5.41 Å². The van der Waals surface area contributed by atoms with E-state index in [-0.39, 0.29) is 6.04 Å². The van der Waals surface area contributed by atoms with Crippen molar-refractivity contribution in [1.82, 2.24) is 0 Å². The Balaban J connectivity index is 1.03. The van der Waals surface area contributed by atoms with Gasteiger partial charge < -0.3 is 4.74 Å². The lowest BCUT2D eigenvalue weighted by atomic mass is 9.65. The van der Waals surface area contributed by atoms with Gasteiger partial charge in [0.05, 0.1) is 17.2 Å². The van der Waals surface area contributed by atoms with E-state index in [2.05, 4.69) is 194 Å². The van der Waals surface area contributed by atoms with Gasteiger partial charge in [-0.3, -0.25) is 4.99 Å². The molecule has 58 heavy (non-hydrogen) atoms. The molecule has 272 valence electrons. The normalized spacial score (nSPS) is 15.8. The fourth-order valence-electron chi connectivity index (χ4n) is 9.98. The number of aliphatic imine (C=N–C) groups is 2. The number of para-hydroxylation sites is 2. The summed E-state index contributed by atoms with van der Waals surface area (Å²) in [6.45, 7) is 0. The molecule has 2 aliphatic heterocycles. The summed E-state index contributed by atoms with van der Waals surface area (Å²) in [6, 6.07) is 71.9. The molecule has 0 aromatic heterocycles. The molecule has 0 amide bonds. The summed E-state index contributed by atoms with van der Waals surface area (Å²) in [7, 11) is 0. The molecule has 1 unspecified atom stereocenters. The van der Waals surface area contributed by atoms with Crippen molar-refractivity contribution in [3.05, 3.63) is 239 Å². The van der Waals surface area contributed by atoms with E-state index in [0.717, 1.165) is 56.4 Å². The van der Waals surface area contributed by atoms with Crippen LogP contribution in [0.2, 0.25) is 0 Å². The Labute approximate surface area is 337 Å². The predicted octanol–water partition coefficient (Wildman–Crippen LogP) is 13.5. The molecule has 3 aliphatic rings. The van der Waals surface area contributed by atoms with Crippen molar-refractivity contribution in [2.75, 3.05) is 0 Å². The topological polar surface area (TPSA) is 34.0 Å². The standard InChI is InChI=1S/C55H36N2O/c1-2-16-36(17-3-1)54-56-50(38-31-32-40-37(33-38)30-29-35-15-4-5-18-39(35)40)34-51(57-54)44-22-7-6-19-41(44)45-23-14-27-49-53(45)58-52-28-13-12-26-48(52)55(49)46-24-10-8-20-42(46)43-21-9-11-25-47(43)55/h1-33,51H,34H2. The van der Waals surface area contributed by atoms with Gasteiger partial charge in [-0.05, 0) is 72.6 Å². The van der Waals surface area contributed by atoms with Crippen LogP contribution in [0.25, 0.3) is 43.8 Å². The Hall–Kier alpha value is -7.36. The average Bonchev–Trinajstić information content (AvgIpc) is 3.59. The van der Waals surface area contributed by atoms with Crippen molar-refractivity contribution in [3.63, 3.8) is 0 Å². The van der Waals surface area contributed by atoms with Crippen molar-refractivity contribution < 1.29 is 4.74 Å². The Morgan fingerprint density at radius 3 is 1.90 bits per heavy atom. The highest BCUT2D eigenvalue weighted by molar-refractivity contribution is 6.16. The number of fused-ring (bicyclic) bond motifs is 12. The molecule has 1 spiro atoms. The molecule has 3 heteroatoms. The molecule has 2 heterocycles. The van der Waals surface area contributed by atoms with E-state index in [1.807, 2.05) is 6.07 Å². The third-order valence-electron chi connectivity index (χ3n) is 12.5. The van der Waals surface area contributed by atoms with Crippen LogP contribution in [0.5, 0.6) is 11.5 Å². The van der Waals surface area contributed by atoms with Gasteiger partial charge in [0.2, 0.25) is 0 Å². The smallest absolute Gasteiger partial charge is 0.155 e. The number of rotatable bonds is 4. The van der Waals surface area contributed by atoms with Crippen LogP contribution in [0.15, 0.2) is 210 Å². The van der Waals surface area contributed by atoms with Gasteiger partial charge >= 0.3 is 0 Å². The lowest BCUT2D eigenvalue weighted by Gasteiger charge is -2.40. The summed E-state index contributed by atoms with van der Waals surface area (Å²) in [4.78, 5) is 10.8. The van der Waals surface area contributed by atoms with Crippen LogP contribution in [-0.4, -0.2) is 11.5 Å². The van der Waals surface area contributed by atoms with Crippen LogP contribution in [0.4, 0.5) is 0 Å². The molecular weight excluding hydrogens is 705 g/mol. The molecule has 0 saturated carbocycles. The molecule has 3 nitrogen and oxygen atoms in total. The van der Waals surface area contributed by atoms with Gasteiger partial charge in [0.15, 0.2) is 5.84 Å². The Morgan fingerprint density at radius 2 is 1.07 bits per heavy atom. The third-order valence-corrected chi connectivity index (χ3v) is 12.5. The van der Waals surface area contributed by atoms with Gasteiger partial charge in [-0.15, -0.1) is 0 Å². The van der Waals surface area contributed by atoms with E-state index in [1.165, 1.54) is 49.4 Å². The minimum Gasteiger partial charge on any atom is -0.456 e. The van der Waals surface area contributed by atoms with E-state index < -0.39 is 5.41 Å². The number of hydrogen-bond donors (Lipinski definition) is 0. The Kier molecular flexibility index (Phi) is 7.27. The first-order chi connectivity index (χ1) is 28.8. The summed E-state index contributed by atoms with van der Waals surface area (Å²) in [5.41, 5.74) is 13.4. The van der Waals surface area contributed by atoms with E-state index >= 15 is 0 Å². The summed E-state index contributed by atoms with van der Waals surface area (Å²) in [5, 5.41) is 4.96.